The van der Waals surface area contributed by atoms with Crippen molar-refractivity contribution in [2.24, 2.45) is 0 Å². The smallest absolute Gasteiger partial charge is 0.335 e. The van der Waals surface area contributed by atoms with Gasteiger partial charge in [0, 0.05) is 12.1 Å². The summed E-state index contributed by atoms with van der Waals surface area (Å²) in [6.45, 7) is 0. The number of nitro groups is 1. The van der Waals surface area contributed by atoms with E-state index in [1.165, 1.54) is 0 Å². The Bertz CT molecular complexity index is 341. The summed E-state index contributed by atoms with van der Waals surface area (Å²) in [5, 5.41) is 29.4. The van der Waals surface area contributed by atoms with Crippen molar-refractivity contribution < 1.29 is 19.9 Å². The number of carboxylic acids is 1. The summed E-state index contributed by atoms with van der Waals surface area (Å²) < 4.78 is 0. The number of rotatable bonds is 2. The third-order valence-corrected chi connectivity index (χ3v) is 1.35. The maximum Gasteiger partial charge on any atom is 0.335 e. The average Bonchev–Trinajstić information content (AvgIpc) is 2.03. The zero-order valence-corrected chi connectivity index (χ0v) is 6.26. The predicted octanol–water partition coefficient (Wildman–Crippen LogP) is 0.367. The molecule has 1 N–H and O–H groups in total. The van der Waals surface area contributed by atoms with E-state index in [9.17, 15) is 20.0 Å². The molecule has 0 saturated carbocycles. The van der Waals surface area contributed by atoms with Gasteiger partial charge in [0.2, 0.25) is 0 Å². The summed E-state index contributed by atoms with van der Waals surface area (Å²) in [6, 6.07) is 2.44. The highest BCUT2D eigenvalue weighted by Crippen LogP contribution is 2.19. The molecule has 0 aromatic heterocycles. The minimum Gasteiger partial charge on any atom is -0.872 e. The molecular formula is C7H4NO5-. The van der Waals surface area contributed by atoms with Crippen LogP contribution in [0.25, 0.3) is 0 Å². The van der Waals surface area contributed by atoms with Gasteiger partial charge in [-0.25, -0.2) is 4.79 Å². The van der Waals surface area contributed by atoms with E-state index in [4.69, 9.17) is 5.11 Å². The number of carboxylic acid groups (broad SMARTS) is 1. The van der Waals surface area contributed by atoms with Crippen molar-refractivity contribution >= 4 is 11.7 Å². The highest BCUT2D eigenvalue weighted by molar-refractivity contribution is 5.88. The number of carbonyl (C=O) groups is 1. The Hall–Kier alpha value is -2.11. The van der Waals surface area contributed by atoms with E-state index in [1.807, 2.05) is 0 Å². The van der Waals surface area contributed by atoms with Crippen LogP contribution in [0.4, 0.5) is 5.69 Å². The number of hydrogen-bond donors (Lipinski definition) is 1. The van der Waals surface area contributed by atoms with E-state index in [1.54, 1.807) is 0 Å². The first-order valence-corrected chi connectivity index (χ1v) is 3.20. The molecule has 0 radical (unpaired) electrons. The minimum atomic E-state index is -1.36. The molecule has 1 aromatic rings. The van der Waals surface area contributed by atoms with Crippen LogP contribution in [0, 0.1) is 10.1 Å². The van der Waals surface area contributed by atoms with Gasteiger partial charge in [-0.05, 0) is 0 Å². The van der Waals surface area contributed by atoms with Gasteiger partial charge < -0.3 is 10.2 Å². The molecular weight excluding hydrogens is 178 g/mol. The molecule has 0 amide bonds. The van der Waals surface area contributed by atoms with Crippen LogP contribution in [0.15, 0.2) is 18.2 Å². The van der Waals surface area contributed by atoms with Crippen molar-refractivity contribution in [3.63, 3.8) is 0 Å². The summed E-state index contributed by atoms with van der Waals surface area (Å²) >= 11 is 0. The molecule has 0 aliphatic rings. The Labute approximate surface area is 72.2 Å². The van der Waals surface area contributed by atoms with Gasteiger partial charge in [0.1, 0.15) is 0 Å². The second-order valence-corrected chi connectivity index (χ2v) is 2.28. The van der Waals surface area contributed by atoms with Crippen LogP contribution in [0.5, 0.6) is 5.75 Å². The van der Waals surface area contributed by atoms with Crippen LogP contribution in [0.2, 0.25) is 0 Å². The molecule has 0 unspecified atom stereocenters. The second-order valence-electron chi connectivity index (χ2n) is 2.28. The van der Waals surface area contributed by atoms with Crippen molar-refractivity contribution in [3.05, 3.63) is 33.9 Å². The van der Waals surface area contributed by atoms with Gasteiger partial charge in [-0.2, -0.15) is 0 Å². The SMILES string of the molecule is O=C(O)c1cc([O-])cc([N+](=O)[O-])c1. The van der Waals surface area contributed by atoms with Crippen LogP contribution >= 0.6 is 0 Å². The standard InChI is InChI=1S/C7H5NO5/c9-6-2-4(7(10)11)1-5(3-6)8(12)13/h1-3,9H,(H,10,11)/p-1. The molecule has 0 heterocycles. The van der Waals surface area contributed by atoms with Crippen molar-refractivity contribution in [2.75, 3.05) is 0 Å². The van der Waals surface area contributed by atoms with Crippen molar-refractivity contribution in [1.82, 2.24) is 0 Å². The molecule has 68 valence electrons. The maximum absolute atomic E-state index is 10.8. The lowest BCUT2D eigenvalue weighted by molar-refractivity contribution is -0.385. The number of nitrogens with zero attached hydrogens (tertiary/aromatic N) is 1. The molecule has 1 aromatic carbocycles. The molecule has 6 nitrogen and oxygen atoms in total. The molecule has 1 rings (SSSR count). The fraction of sp³-hybridized carbons (Fsp3) is 0. The lowest BCUT2D eigenvalue weighted by Gasteiger charge is -2.04. The van der Waals surface area contributed by atoms with E-state index in [2.05, 4.69) is 0 Å². The van der Waals surface area contributed by atoms with Gasteiger partial charge in [0.25, 0.3) is 5.69 Å². The molecule has 0 atom stereocenters. The number of non-ortho nitro benzene ring substituents is 1. The third kappa shape index (κ3) is 1.92. The quantitative estimate of drug-likeness (QED) is 0.525. The van der Waals surface area contributed by atoms with Gasteiger partial charge >= 0.3 is 5.97 Å². The lowest BCUT2D eigenvalue weighted by Crippen LogP contribution is -2.01. The Kier molecular flexibility index (Phi) is 2.14. The summed E-state index contributed by atoms with van der Waals surface area (Å²) in [4.78, 5) is 19.8. The number of nitro benzene ring substituents is 1. The van der Waals surface area contributed by atoms with Crippen LogP contribution in [-0.4, -0.2) is 16.0 Å². The number of aromatic carboxylic acids is 1. The van der Waals surface area contributed by atoms with Crippen molar-refractivity contribution in [2.45, 2.75) is 0 Å². The number of benzene rings is 1. The molecule has 0 bridgehead atoms. The van der Waals surface area contributed by atoms with Gasteiger partial charge in [0.05, 0.1) is 10.5 Å². The zero-order chi connectivity index (χ0) is 10.0. The minimum absolute atomic E-state index is 0.376. The molecule has 0 aliphatic heterocycles. The third-order valence-electron chi connectivity index (χ3n) is 1.35. The summed E-state index contributed by atoms with van der Waals surface area (Å²) in [6.07, 6.45) is 0. The molecule has 0 spiro atoms. The first-order chi connectivity index (χ1) is 6.00. The Morgan fingerprint density at radius 1 is 1.38 bits per heavy atom. The summed E-state index contributed by atoms with van der Waals surface area (Å²) in [7, 11) is 0. The fourth-order valence-electron chi connectivity index (χ4n) is 0.812. The van der Waals surface area contributed by atoms with Gasteiger partial charge in [-0.1, -0.05) is 6.07 Å². The molecule has 6 heteroatoms. The van der Waals surface area contributed by atoms with Gasteiger partial charge in [0.15, 0.2) is 0 Å². The summed E-state index contributed by atoms with van der Waals surface area (Å²) in [5.74, 6) is -2.05. The van der Waals surface area contributed by atoms with Crippen molar-refractivity contribution in [1.29, 1.82) is 0 Å². The van der Waals surface area contributed by atoms with Crippen LogP contribution in [-0.2, 0) is 0 Å². The van der Waals surface area contributed by atoms with Gasteiger partial charge in [-0.3, -0.25) is 10.1 Å². The first kappa shape index (κ1) is 8.98. The van der Waals surface area contributed by atoms with E-state index in [0.29, 0.717) is 0 Å². The normalized spacial score (nSPS) is 9.54. The van der Waals surface area contributed by atoms with Crippen LogP contribution in [0.1, 0.15) is 10.4 Å². The largest absolute Gasteiger partial charge is 0.872 e. The maximum atomic E-state index is 10.8. The Morgan fingerprint density at radius 2 is 2.00 bits per heavy atom. The van der Waals surface area contributed by atoms with E-state index < -0.39 is 22.3 Å². The first-order valence-electron chi connectivity index (χ1n) is 3.20. The monoisotopic (exact) mass is 182 g/mol. The van der Waals surface area contributed by atoms with E-state index in [0.717, 1.165) is 18.2 Å². The number of hydrogen-bond acceptors (Lipinski definition) is 4. The van der Waals surface area contributed by atoms with E-state index >= 15 is 0 Å². The molecule has 0 saturated heterocycles. The highest BCUT2D eigenvalue weighted by atomic mass is 16.6. The molecule has 13 heavy (non-hydrogen) atoms. The predicted molar refractivity (Wildman–Crippen MR) is 39.5 cm³/mol. The molecule has 0 aliphatic carbocycles. The van der Waals surface area contributed by atoms with Crippen LogP contribution < -0.4 is 5.11 Å². The Balaban J connectivity index is 3.26. The molecule has 0 fully saturated rings. The Morgan fingerprint density at radius 3 is 2.46 bits per heavy atom. The average molecular weight is 182 g/mol. The van der Waals surface area contributed by atoms with Gasteiger partial charge in [-0.15, -0.1) is 5.75 Å². The zero-order valence-electron chi connectivity index (χ0n) is 6.26. The highest BCUT2D eigenvalue weighted by Gasteiger charge is 2.10. The van der Waals surface area contributed by atoms with E-state index in [-0.39, 0.29) is 5.56 Å². The summed E-state index contributed by atoms with van der Waals surface area (Å²) in [5.41, 5.74) is -0.885. The van der Waals surface area contributed by atoms with Crippen LogP contribution in [0.3, 0.4) is 0 Å². The fourth-order valence-corrected chi connectivity index (χ4v) is 0.812. The second kappa shape index (κ2) is 3.10. The lowest BCUT2D eigenvalue weighted by atomic mass is 10.2. The topological polar surface area (TPSA) is 104 Å². The van der Waals surface area contributed by atoms with Crippen molar-refractivity contribution in [3.8, 4) is 5.75 Å².